The molecule has 4 heteroatoms. The summed E-state index contributed by atoms with van der Waals surface area (Å²) < 4.78 is 6.08. The van der Waals surface area contributed by atoms with E-state index in [4.69, 9.17) is 9.73 Å². The van der Waals surface area contributed by atoms with Gasteiger partial charge in [0.1, 0.15) is 0 Å². The van der Waals surface area contributed by atoms with Gasteiger partial charge in [0.15, 0.2) is 5.96 Å². The van der Waals surface area contributed by atoms with E-state index in [1.807, 2.05) is 0 Å². The van der Waals surface area contributed by atoms with E-state index in [0.717, 1.165) is 44.9 Å². The molecule has 130 valence electrons. The number of hydrogen-bond donors (Lipinski definition) is 2. The van der Waals surface area contributed by atoms with Crippen molar-refractivity contribution in [2.45, 2.75) is 44.8 Å². The van der Waals surface area contributed by atoms with Gasteiger partial charge in [-0.05, 0) is 38.2 Å². The SMILES string of the molecule is CCNC(=NCC1CCCOC1c1ccccc1)NC1CC=CC1. The summed E-state index contributed by atoms with van der Waals surface area (Å²) in [6, 6.07) is 11.1. The highest BCUT2D eigenvalue weighted by atomic mass is 16.5. The molecule has 1 heterocycles. The number of aliphatic imine (C=N–C) groups is 1. The molecule has 2 unspecified atom stereocenters. The summed E-state index contributed by atoms with van der Waals surface area (Å²) >= 11 is 0. The van der Waals surface area contributed by atoms with Crippen LogP contribution in [0.1, 0.15) is 44.3 Å². The molecule has 4 nitrogen and oxygen atoms in total. The van der Waals surface area contributed by atoms with Crippen molar-refractivity contribution in [3.05, 3.63) is 48.0 Å². The smallest absolute Gasteiger partial charge is 0.191 e. The highest BCUT2D eigenvalue weighted by Gasteiger charge is 2.27. The van der Waals surface area contributed by atoms with Crippen LogP contribution in [-0.2, 0) is 4.74 Å². The van der Waals surface area contributed by atoms with Gasteiger partial charge in [-0.1, -0.05) is 42.5 Å². The van der Waals surface area contributed by atoms with E-state index < -0.39 is 0 Å². The van der Waals surface area contributed by atoms with Crippen LogP contribution < -0.4 is 10.6 Å². The number of ether oxygens (including phenoxy) is 1. The van der Waals surface area contributed by atoms with Gasteiger partial charge in [-0.25, -0.2) is 0 Å². The molecule has 1 saturated heterocycles. The molecule has 0 radical (unpaired) electrons. The van der Waals surface area contributed by atoms with E-state index in [1.54, 1.807) is 0 Å². The third-order valence-electron chi connectivity index (χ3n) is 4.75. The van der Waals surface area contributed by atoms with Gasteiger partial charge in [-0.3, -0.25) is 4.99 Å². The molecule has 2 aliphatic rings. The van der Waals surface area contributed by atoms with E-state index in [2.05, 4.69) is 60.0 Å². The van der Waals surface area contributed by atoms with Crippen molar-refractivity contribution in [1.29, 1.82) is 0 Å². The van der Waals surface area contributed by atoms with Crippen LogP contribution in [-0.4, -0.2) is 31.7 Å². The van der Waals surface area contributed by atoms with Gasteiger partial charge in [0.2, 0.25) is 0 Å². The van der Waals surface area contributed by atoms with Crippen molar-refractivity contribution in [1.82, 2.24) is 10.6 Å². The first kappa shape index (κ1) is 17.0. The van der Waals surface area contributed by atoms with Gasteiger partial charge >= 0.3 is 0 Å². The Bertz CT molecular complexity index is 547. The van der Waals surface area contributed by atoms with Crippen LogP contribution >= 0.6 is 0 Å². The predicted octanol–water partition coefficient (Wildman–Crippen LogP) is 3.43. The predicted molar refractivity (Wildman–Crippen MR) is 99.1 cm³/mol. The molecule has 24 heavy (non-hydrogen) atoms. The maximum atomic E-state index is 6.08. The summed E-state index contributed by atoms with van der Waals surface area (Å²) in [7, 11) is 0. The molecule has 2 N–H and O–H groups in total. The standard InChI is InChI=1S/C20H29N3O/c1-2-21-20(23-18-12-6-7-13-18)22-15-17-11-8-14-24-19(17)16-9-4-3-5-10-16/h3-7,9-10,17-19H,2,8,11-15H2,1H3,(H2,21,22,23). The third-order valence-corrected chi connectivity index (χ3v) is 4.75. The Hall–Kier alpha value is -1.81. The molecule has 0 spiro atoms. The van der Waals surface area contributed by atoms with Crippen LogP contribution in [0.2, 0.25) is 0 Å². The zero-order chi connectivity index (χ0) is 16.6. The first-order valence-electron chi connectivity index (χ1n) is 9.23. The molecule has 1 aliphatic carbocycles. The molecule has 3 rings (SSSR count). The van der Waals surface area contributed by atoms with Gasteiger partial charge in [-0.15, -0.1) is 0 Å². The first-order valence-corrected chi connectivity index (χ1v) is 9.23. The van der Waals surface area contributed by atoms with Crippen LogP contribution in [0.3, 0.4) is 0 Å². The summed E-state index contributed by atoms with van der Waals surface area (Å²) in [5.41, 5.74) is 1.27. The summed E-state index contributed by atoms with van der Waals surface area (Å²) in [6.07, 6.45) is 9.11. The zero-order valence-corrected chi connectivity index (χ0v) is 14.6. The summed E-state index contributed by atoms with van der Waals surface area (Å²) in [5, 5.41) is 6.92. The highest BCUT2D eigenvalue weighted by Crippen LogP contribution is 2.33. The largest absolute Gasteiger partial charge is 0.373 e. The molecule has 1 fully saturated rings. The van der Waals surface area contributed by atoms with Crippen molar-refractivity contribution in [3.8, 4) is 0 Å². The fourth-order valence-electron chi connectivity index (χ4n) is 3.50. The molecule has 1 aromatic carbocycles. The van der Waals surface area contributed by atoms with Gasteiger partial charge in [0, 0.05) is 31.7 Å². The average molecular weight is 327 g/mol. The molecule has 0 bridgehead atoms. The Morgan fingerprint density at radius 2 is 2.00 bits per heavy atom. The van der Waals surface area contributed by atoms with E-state index in [9.17, 15) is 0 Å². The van der Waals surface area contributed by atoms with Crippen LogP contribution in [0.5, 0.6) is 0 Å². The number of guanidine groups is 1. The second-order valence-electron chi connectivity index (χ2n) is 6.61. The fourth-order valence-corrected chi connectivity index (χ4v) is 3.50. The van der Waals surface area contributed by atoms with Gasteiger partial charge in [-0.2, -0.15) is 0 Å². The monoisotopic (exact) mass is 327 g/mol. The molecule has 0 saturated carbocycles. The van der Waals surface area contributed by atoms with Crippen LogP contribution in [0.4, 0.5) is 0 Å². The lowest BCUT2D eigenvalue weighted by atomic mass is 9.89. The summed E-state index contributed by atoms with van der Waals surface area (Å²) in [4.78, 5) is 4.86. The van der Waals surface area contributed by atoms with Gasteiger partial charge in [0.05, 0.1) is 6.10 Å². The van der Waals surface area contributed by atoms with Gasteiger partial charge in [0.25, 0.3) is 0 Å². The zero-order valence-electron chi connectivity index (χ0n) is 14.6. The molecule has 1 aromatic rings. The van der Waals surface area contributed by atoms with Gasteiger partial charge < -0.3 is 15.4 Å². The fraction of sp³-hybridized carbons (Fsp3) is 0.550. The molecule has 0 amide bonds. The lowest BCUT2D eigenvalue weighted by molar-refractivity contribution is -0.0250. The third kappa shape index (κ3) is 4.60. The van der Waals surface area contributed by atoms with E-state index in [-0.39, 0.29) is 6.10 Å². The van der Waals surface area contributed by atoms with E-state index in [0.29, 0.717) is 12.0 Å². The minimum Gasteiger partial charge on any atom is -0.373 e. The Morgan fingerprint density at radius 1 is 1.21 bits per heavy atom. The van der Waals surface area contributed by atoms with Crippen LogP contribution in [0.15, 0.2) is 47.5 Å². The van der Waals surface area contributed by atoms with Crippen molar-refractivity contribution >= 4 is 5.96 Å². The van der Waals surface area contributed by atoms with E-state index >= 15 is 0 Å². The number of rotatable bonds is 5. The second-order valence-corrected chi connectivity index (χ2v) is 6.61. The Kier molecular flexibility index (Phi) is 6.30. The van der Waals surface area contributed by atoms with Crippen molar-refractivity contribution < 1.29 is 4.74 Å². The van der Waals surface area contributed by atoms with Crippen molar-refractivity contribution in [3.63, 3.8) is 0 Å². The Morgan fingerprint density at radius 3 is 2.75 bits per heavy atom. The second kappa shape index (κ2) is 8.88. The quantitative estimate of drug-likeness (QED) is 0.495. The number of nitrogens with one attached hydrogen (secondary N) is 2. The number of hydrogen-bond acceptors (Lipinski definition) is 2. The molecular formula is C20H29N3O. The molecule has 2 atom stereocenters. The average Bonchev–Trinajstić information content (AvgIpc) is 3.14. The molecule has 0 aromatic heterocycles. The van der Waals surface area contributed by atoms with Crippen LogP contribution in [0.25, 0.3) is 0 Å². The first-order chi connectivity index (χ1) is 11.9. The van der Waals surface area contributed by atoms with E-state index in [1.165, 1.54) is 12.0 Å². The number of benzene rings is 1. The highest BCUT2D eigenvalue weighted by molar-refractivity contribution is 5.80. The molecule has 1 aliphatic heterocycles. The lowest BCUT2D eigenvalue weighted by Crippen LogP contribution is -2.43. The molecular weight excluding hydrogens is 298 g/mol. The topological polar surface area (TPSA) is 45.7 Å². The Balaban J connectivity index is 1.64. The van der Waals surface area contributed by atoms with Crippen molar-refractivity contribution in [2.24, 2.45) is 10.9 Å². The summed E-state index contributed by atoms with van der Waals surface area (Å²) in [5.74, 6) is 1.38. The maximum Gasteiger partial charge on any atom is 0.191 e. The van der Waals surface area contributed by atoms with Crippen LogP contribution in [0, 0.1) is 5.92 Å². The lowest BCUT2D eigenvalue weighted by Gasteiger charge is -2.31. The number of nitrogens with zero attached hydrogens (tertiary/aromatic N) is 1. The normalized spacial score (nSPS) is 25.0. The Labute approximate surface area is 145 Å². The maximum absolute atomic E-state index is 6.08. The minimum absolute atomic E-state index is 0.166. The minimum atomic E-state index is 0.166. The van der Waals surface area contributed by atoms with Crippen molar-refractivity contribution in [2.75, 3.05) is 19.7 Å². The summed E-state index contributed by atoms with van der Waals surface area (Å²) in [6.45, 7) is 4.65.